The standard InChI is InChI=1S/C21H25NO3/c1-3-24-17-11-12-20(25-4-2)19(14-17)22-21(23)13-16-10-9-15-7-5-6-8-18(15)16/h5-8,11-12,14,16H,3-4,9-10,13H2,1-2H3,(H,22,23). The van der Waals surface area contributed by atoms with Crippen molar-refractivity contribution in [2.45, 2.75) is 39.0 Å². The van der Waals surface area contributed by atoms with Gasteiger partial charge in [0.25, 0.3) is 0 Å². The number of carbonyl (C=O) groups is 1. The van der Waals surface area contributed by atoms with E-state index < -0.39 is 0 Å². The lowest BCUT2D eigenvalue weighted by Crippen LogP contribution is -2.15. The Labute approximate surface area is 149 Å². The fourth-order valence-electron chi connectivity index (χ4n) is 3.43. The van der Waals surface area contributed by atoms with Crippen LogP contribution in [0.2, 0.25) is 0 Å². The number of nitrogens with one attached hydrogen (secondary N) is 1. The van der Waals surface area contributed by atoms with E-state index >= 15 is 0 Å². The molecule has 0 radical (unpaired) electrons. The summed E-state index contributed by atoms with van der Waals surface area (Å²) >= 11 is 0. The first-order chi connectivity index (χ1) is 12.2. The molecule has 1 N–H and O–H groups in total. The maximum absolute atomic E-state index is 12.6. The normalized spacial score (nSPS) is 15.5. The molecule has 0 spiro atoms. The number of hydrogen-bond acceptors (Lipinski definition) is 3. The van der Waals surface area contributed by atoms with Crippen molar-refractivity contribution in [3.8, 4) is 11.5 Å². The van der Waals surface area contributed by atoms with Crippen molar-refractivity contribution in [1.29, 1.82) is 0 Å². The molecule has 0 fully saturated rings. The van der Waals surface area contributed by atoms with Gasteiger partial charge in [-0.1, -0.05) is 24.3 Å². The summed E-state index contributed by atoms with van der Waals surface area (Å²) in [5.41, 5.74) is 3.35. The monoisotopic (exact) mass is 339 g/mol. The van der Waals surface area contributed by atoms with Crippen LogP contribution >= 0.6 is 0 Å². The highest BCUT2D eigenvalue weighted by Gasteiger charge is 2.24. The van der Waals surface area contributed by atoms with Gasteiger partial charge in [-0.05, 0) is 55.9 Å². The molecule has 0 aromatic heterocycles. The third kappa shape index (κ3) is 4.13. The van der Waals surface area contributed by atoms with Gasteiger partial charge in [0.2, 0.25) is 5.91 Å². The Bertz CT molecular complexity index is 742. The zero-order valence-corrected chi connectivity index (χ0v) is 14.9. The molecule has 4 nitrogen and oxygen atoms in total. The highest BCUT2D eigenvalue weighted by atomic mass is 16.5. The number of hydrogen-bond donors (Lipinski definition) is 1. The van der Waals surface area contributed by atoms with Gasteiger partial charge in [-0.15, -0.1) is 0 Å². The summed E-state index contributed by atoms with van der Waals surface area (Å²) in [6, 6.07) is 13.9. The van der Waals surface area contributed by atoms with Gasteiger partial charge in [0.1, 0.15) is 11.5 Å². The SMILES string of the molecule is CCOc1ccc(OCC)c(NC(=O)CC2CCc3ccccc32)c1. The smallest absolute Gasteiger partial charge is 0.225 e. The minimum atomic E-state index is 0.0105. The molecule has 0 saturated heterocycles. The predicted octanol–water partition coefficient (Wildman–Crippen LogP) is 4.54. The zero-order chi connectivity index (χ0) is 17.6. The molecule has 0 aliphatic heterocycles. The molecule has 0 bridgehead atoms. The van der Waals surface area contributed by atoms with Crippen LogP contribution in [0.3, 0.4) is 0 Å². The lowest BCUT2D eigenvalue weighted by molar-refractivity contribution is -0.116. The number of benzene rings is 2. The Morgan fingerprint density at radius 3 is 2.72 bits per heavy atom. The van der Waals surface area contributed by atoms with Crippen LogP contribution in [0.15, 0.2) is 42.5 Å². The summed E-state index contributed by atoms with van der Waals surface area (Å²) in [4.78, 5) is 12.6. The van der Waals surface area contributed by atoms with Crippen LogP contribution < -0.4 is 14.8 Å². The third-order valence-corrected chi connectivity index (χ3v) is 4.52. The summed E-state index contributed by atoms with van der Waals surface area (Å²) in [5.74, 6) is 1.71. The molecule has 1 aliphatic carbocycles. The van der Waals surface area contributed by atoms with Gasteiger partial charge < -0.3 is 14.8 Å². The van der Waals surface area contributed by atoms with Crippen molar-refractivity contribution < 1.29 is 14.3 Å². The number of ether oxygens (including phenoxy) is 2. The summed E-state index contributed by atoms with van der Waals surface area (Å²) in [6.07, 6.45) is 2.57. The Hall–Kier alpha value is -2.49. The fourth-order valence-corrected chi connectivity index (χ4v) is 3.43. The molecule has 2 aromatic carbocycles. The number of carbonyl (C=O) groups excluding carboxylic acids is 1. The van der Waals surface area contributed by atoms with Crippen LogP contribution in [0.25, 0.3) is 0 Å². The highest BCUT2D eigenvalue weighted by Crippen LogP contribution is 2.36. The first-order valence-corrected chi connectivity index (χ1v) is 8.98. The molecule has 1 amide bonds. The molecule has 3 rings (SSSR count). The lowest BCUT2D eigenvalue weighted by atomic mass is 9.97. The Balaban J connectivity index is 1.71. The minimum Gasteiger partial charge on any atom is -0.494 e. The van der Waals surface area contributed by atoms with E-state index in [-0.39, 0.29) is 5.91 Å². The van der Waals surface area contributed by atoms with E-state index in [1.54, 1.807) is 0 Å². The van der Waals surface area contributed by atoms with E-state index in [1.165, 1.54) is 11.1 Å². The van der Waals surface area contributed by atoms with Crippen molar-refractivity contribution in [2.24, 2.45) is 0 Å². The molecule has 4 heteroatoms. The quantitative estimate of drug-likeness (QED) is 0.805. The van der Waals surface area contributed by atoms with E-state index in [0.29, 0.717) is 37.0 Å². The predicted molar refractivity (Wildman–Crippen MR) is 99.5 cm³/mol. The van der Waals surface area contributed by atoms with Crippen LogP contribution in [0, 0.1) is 0 Å². The first-order valence-electron chi connectivity index (χ1n) is 8.98. The highest BCUT2D eigenvalue weighted by molar-refractivity contribution is 5.93. The van der Waals surface area contributed by atoms with Gasteiger partial charge >= 0.3 is 0 Å². The Morgan fingerprint density at radius 1 is 1.12 bits per heavy atom. The van der Waals surface area contributed by atoms with Gasteiger partial charge in [0.05, 0.1) is 18.9 Å². The van der Waals surface area contributed by atoms with Crippen molar-refractivity contribution in [3.63, 3.8) is 0 Å². The zero-order valence-electron chi connectivity index (χ0n) is 14.9. The molecular formula is C21H25NO3. The Kier molecular flexibility index (Phi) is 5.59. The van der Waals surface area contributed by atoms with E-state index in [0.717, 1.165) is 18.6 Å². The third-order valence-electron chi connectivity index (χ3n) is 4.52. The van der Waals surface area contributed by atoms with E-state index in [1.807, 2.05) is 38.1 Å². The number of anilines is 1. The summed E-state index contributed by atoms with van der Waals surface area (Å²) < 4.78 is 11.2. The first kappa shape index (κ1) is 17.3. The van der Waals surface area contributed by atoms with Gasteiger partial charge in [-0.2, -0.15) is 0 Å². The summed E-state index contributed by atoms with van der Waals surface area (Å²) in [5, 5.41) is 3.01. The van der Waals surface area contributed by atoms with Crippen LogP contribution in [0.1, 0.15) is 43.7 Å². The van der Waals surface area contributed by atoms with Gasteiger partial charge in [-0.3, -0.25) is 4.79 Å². The van der Waals surface area contributed by atoms with Crippen LogP contribution in [-0.2, 0) is 11.2 Å². The van der Waals surface area contributed by atoms with Crippen LogP contribution in [-0.4, -0.2) is 19.1 Å². The molecule has 132 valence electrons. The second kappa shape index (κ2) is 8.06. The van der Waals surface area contributed by atoms with Gasteiger partial charge in [-0.25, -0.2) is 0 Å². The molecule has 1 unspecified atom stereocenters. The number of rotatable bonds is 7. The summed E-state index contributed by atoms with van der Waals surface area (Å²) in [7, 11) is 0. The largest absolute Gasteiger partial charge is 0.494 e. The van der Waals surface area contributed by atoms with Crippen molar-refractivity contribution >= 4 is 11.6 Å². The molecule has 1 aliphatic rings. The number of fused-ring (bicyclic) bond motifs is 1. The summed E-state index contributed by atoms with van der Waals surface area (Å²) in [6.45, 7) is 5.00. The van der Waals surface area contributed by atoms with Crippen LogP contribution in [0.5, 0.6) is 11.5 Å². The molecule has 0 saturated carbocycles. The second-order valence-electron chi connectivity index (χ2n) is 6.21. The second-order valence-corrected chi connectivity index (χ2v) is 6.21. The van der Waals surface area contributed by atoms with Crippen molar-refractivity contribution in [2.75, 3.05) is 18.5 Å². The van der Waals surface area contributed by atoms with E-state index in [9.17, 15) is 4.79 Å². The lowest BCUT2D eigenvalue weighted by Gasteiger charge is -2.15. The molecule has 1 atom stereocenters. The molecule has 2 aromatic rings. The maximum atomic E-state index is 12.6. The van der Waals surface area contributed by atoms with Crippen molar-refractivity contribution in [1.82, 2.24) is 0 Å². The maximum Gasteiger partial charge on any atom is 0.225 e. The van der Waals surface area contributed by atoms with E-state index in [4.69, 9.17) is 9.47 Å². The number of amides is 1. The molecular weight excluding hydrogens is 314 g/mol. The molecule has 25 heavy (non-hydrogen) atoms. The van der Waals surface area contributed by atoms with Gasteiger partial charge in [0, 0.05) is 12.5 Å². The van der Waals surface area contributed by atoms with Crippen LogP contribution in [0.4, 0.5) is 5.69 Å². The Morgan fingerprint density at radius 2 is 1.92 bits per heavy atom. The van der Waals surface area contributed by atoms with Gasteiger partial charge in [0.15, 0.2) is 0 Å². The average molecular weight is 339 g/mol. The topological polar surface area (TPSA) is 47.6 Å². The average Bonchev–Trinajstić information content (AvgIpc) is 3.01. The van der Waals surface area contributed by atoms with E-state index in [2.05, 4.69) is 23.5 Å². The number of aryl methyl sites for hydroxylation is 1. The molecule has 0 heterocycles. The fraction of sp³-hybridized carbons (Fsp3) is 0.381. The van der Waals surface area contributed by atoms with Crippen molar-refractivity contribution in [3.05, 3.63) is 53.6 Å². The minimum absolute atomic E-state index is 0.0105.